The van der Waals surface area contributed by atoms with Crippen molar-refractivity contribution in [3.05, 3.63) is 101 Å². The first-order chi connectivity index (χ1) is 19.5. The molecule has 2 aromatic heterocycles. The highest BCUT2D eigenvalue weighted by atomic mass is 15.2. The van der Waals surface area contributed by atoms with Gasteiger partial charge >= 0.3 is 0 Å². The maximum Gasteiger partial charge on any atom is 0.296 e. The van der Waals surface area contributed by atoms with Crippen LogP contribution in [-0.4, -0.2) is 9.55 Å². The standard InChI is InChI=1S/C38H46N3/c1-23(2)28-15-13-16-29(24(3)4)36(28)33-21-27(9)32(22-39-33)38-40(10)34-19-11-12-20-35(34)41(38)37-30(25(5)6)17-14-18-31(37)26(7)8/h11-26H,1-10H3/q+1. The predicted molar refractivity (Wildman–Crippen MR) is 174 cm³/mol. The van der Waals surface area contributed by atoms with Crippen molar-refractivity contribution in [2.24, 2.45) is 7.05 Å². The number of pyridine rings is 1. The summed E-state index contributed by atoms with van der Waals surface area (Å²) in [5.74, 6) is 2.80. The Balaban J connectivity index is 1.83. The Bertz CT molecular complexity index is 1660. The van der Waals surface area contributed by atoms with Gasteiger partial charge in [-0.05, 0) is 65.5 Å². The lowest BCUT2D eigenvalue weighted by Crippen LogP contribution is -2.30. The molecule has 0 bridgehead atoms. The second kappa shape index (κ2) is 11.3. The lowest BCUT2D eigenvalue weighted by atomic mass is 9.86. The van der Waals surface area contributed by atoms with Gasteiger partial charge in [-0.1, -0.05) is 104 Å². The van der Waals surface area contributed by atoms with Crippen molar-refractivity contribution in [2.75, 3.05) is 0 Å². The number of benzene rings is 3. The zero-order chi connectivity index (χ0) is 29.6. The second-order valence-electron chi connectivity index (χ2n) is 12.8. The Morgan fingerprint density at radius 1 is 0.659 bits per heavy atom. The van der Waals surface area contributed by atoms with Gasteiger partial charge < -0.3 is 0 Å². The van der Waals surface area contributed by atoms with Crippen LogP contribution in [0.15, 0.2) is 72.9 Å². The van der Waals surface area contributed by atoms with Crippen molar-refractivity contribution in [2.45, 2.75) is 86.0 Å². The molecule has 41 heavy (non-hydrogen) atoms. The van der Waals surface area contributed by atoms with Gasteiger partial charge in [0.25, 0.3) is 5.82 Å². The quantitative estimate of drug-likeness (QED) is 0.187. The van der Waals surface area contributed by atoms with E-state index in [1.165, 1.54) is 55.9 Å². The van der Waals surface area contributed by atoms with E-state index in [4.69, 9.17) is 4.98 Å². The number of nitrogens with zero attached hydrogens (tertiary/aromatic N) is 3. The van der Waals surface area contributed by atoms with Crippen LogP contribution in [0.2, 0.25) is 0 Å². The summed E-state index contributed by atoms with van der Waals surface area (Å²) in [6, 6.07) is 24.6. The number of para-hydroxylation sites is 3. The molecule has 0 atom stereocenters. The van der Waals surface area contributed by atoms with Crippen LogP contribution in [0.4, 0.5) is 0 Å². The van der Waals surface area contributed by atoms with Gasteiger partial charge in [0.05, 0.1) is 18.3 Å². The Hall–Kier alpha value is -3.72. The average Bonchev–Trinajstić information content (AvgIpc) is 3.23. The Labute approximate surface area is 246 Å². The van der Waals surface area contributed by atoms with Gasteiger partial charge in [0.15, 0.2) is 11.0 Å². The highest BCUT2D eigenvalue weighted by molar-refractivity contribution is 5.81. The first-order valence-corrected chi connectivity index (χ1v) is 15.3. The van der Waals surface area contributed by atoms with E-state index in [9.17, 15) is 0 Å². The summed E-state index contributed by atoms with van der Waals surface area (Å²) >= 11 is 0. The molecule has 0 saturated heterocycles. The van der Waals surface area contributed by atoms with E-state index in [1.807, 2.05) is 0 Å². The molecule has 0 aliphatic heterocycles. The minimum absolute atomic E-state index is 0.395. The first kappa shape index (κ1) is 28.8. The van der Waals surface area contributed by atoms with Crippen molar-refractivity contribution in [3.8, 4) is 28.3 Å². The zero-order valence-electron chi connectivity index (χ0n) is 26.6. The topological polar surface area (TPSA) is 21.7 Å². The number of aromatic nitrogens is 3. The molecule has 3 nitrogen and oxygen atoms in total. The third-order valence-electron chi connectivity index (χ3n) is 8.56. The lowest BCUT2D eigenvalue weighted by molar-refractivity contribution is -0.633. The van der Waals surface area contributed by atoms with E-state index in [0.29, 0.717) is 23.7 Å². The fourth-order valence-corrected chi connectivity index (χ4v) is 6.39. The summed E-state index contributed by atoms with van der Waals surface area (Å²) in [7, 11) is 2.19. The summed E-state index contributed by atoms with van der Waals surface area (Å²) in [6.45, 7) is 20.6. The van der Waals surface area contributed by atoms with Gasteiger partial charge in [-0.15, -0.1) is 0 Å². The van der Waals surface area contributed by atoms with E-state index in [0.717, 1.165) is 11.3 Å². The highest BCUT2D eigenvalue weighted by Gasteiger charge is 2.31. The molecule has 0 N–H and O–H groups in total. The van der Waals surface area contributed by atoms with Crippen LogP contribution in [0.1, 0.15) is 107 Å². The van der Waals surface area contributed by atoms with E-state index >= 15 is 0 Å². The van der Waals surface area contributed by atoms with Crippen molar-refractivity contribution in [1.29, 1.82) is 0 Å². The predicted octanol–water partition coefficient (Wildman–Crippen LogP) is 9.99. The van der Waals surface area contributed by atoms with Gasteiger partial charge in [0.2, 0.25) is 0 Å². The number of imidazole rings is 1. The first-order valence-electron chi connectivity index (χ1n) is 15.3. The second-order valence-corrected chi connectivity index (χ2v) is 12.8. The van der Waals surface area contributed by atoms with Crippen LogP contribution < -0.4 is 4.57 Å². The zero-order valence-corrected chi connectivity index (χ0v) is 26.6. The molecule has 5 rings (SSSR count). The summed E-state index contributed by atoms with van der Waals surface area (Å²) in [5, 5.41) is 0. The molecule has 0 amide bonds. The highest BCUT2D eigenvalue weighted by Crippen LogP contribution is 2.39. The number of fused-ring (bicyclic) bond motifs is 1. The van der Waals surface area contributed by atoms with Crippen molar-refractivity contribution in [1.82, 2.24) is 9.55 Å². The number of hydrogen-bond donors (Lipinski definition) is 0. The molecule has 5 aromatic rings. The molecule has 3 heteroatoms. The monoisotopic (exact) mass is 544 g/mol. The molecule has 0 aliphatic carbocycles. The van der Waals surface area contributed by atoms with E-state index in [2.05, 4.69) is 151 Å². The Morgan fingerprint density at radius 3 is 1.68 bits per heavy atom. The summed E-state index contributed by atoms with van der Waals surface area (Å²) in [5.41, 5.74) is 14.0. The van der Waals surface area contributed by atoms with Gasteiger partial charge in [-0.3, -0.25) is 4.98 Å². The summed E-state index contributed by atoms with van der Waals surface area (Å²) < 4.78 is 4.85. The van der Waals surface area contributed by atoms with Crippen molar-refractivity contribution < 1.29 is 4.57 Å². The maximum atomic E-state index is 5.21. The van der Waals surface area contributed by atoms with Gasteiger partial charge in [-0.2, -0.15) is 4.57 Å². The van der Waals surface area contributed by atoms with E-state index < -0.39 is 0 Å². The third-order valence-corrected chi connectivity index (χ3v) is 8.56. The average molecular weight is 545 g/mol. The van der Waals surface area contributed by atoms with Gasteiger partial charge in [0, 0.05) is 22.9 Å². The molecule has 212 valence electrons. The summed E-state index contributed by atoms with van der Waals surface area (Å²) in [6.07, 6.45) is 2.11. The number of rotatable bonds is 7. The van der Waals surface area contributed by atoms with Crippen LogP contribution in [0.3, 0.4) is 0 Å². The molecule has 0 fully saturated rings. The normalized spacial score (nSPS) is 12.0. The minimum atomic E-state index is 0.395. The Morgan fingerprint density at radius 2 is 1.17 bits per heavy atom. The fraction of sp³-hybridized carbons (Fsp3) is 0.368. The van der Waals surface area contributed by atoms with Crippen LogP contribution in [0.5, 0.6) is 0 Å². The molecule has 0 saturated carbocycles. The Kier molecular flexibility index (Phi) is 7.92. The molecular weight excluding hydrogens is 498 g/mol. The molecule has 0 unspecified atom stereocenters. The fourth-order valence-electron chi connectivity index (χ4n) is 6.39. The maximum absolute atomic E-state index is 5.21. The number of hydrogen-bond acceptors (Lipinski definition) is 1. The van der Waals surface area contributed by atoms with Crippen LogP contribution in [0.25, 0.3) is 39.4 Å². The number of aryl methyl sites for hydroxylation is 2. The van der Waals surface area contributed by atoms with Crippen LogP contribution >= 0.6 is 0 Å². The molecular formula is C38H46N3+. The van der Waals surface area contributed by atoms with E-state index in [1.54, 1.807) is 0 Å². The molecule has 0 radical (unpaired) electrons. The molecule has 2 heterocycles. The molecule has 0 spiro atoms. The smallest absolute Gasteiger partial charge is 0.255 e. The van der Waals surface area contributed by atoms with E-state index in [-0.39, 0.29) is 0 Å². The van der Waals surface area contributed by atoms with Crippen LogP contribution in [-0.2, 0) is 7.05 Å². The SMILES string of the molecule is Cc1cc(-c2c(C(C)C)cccc2C(C)C)ncc1-c1n(-c2c(C(C)C)cccc2C(C)C)c2ccccc2[n+]1C. The molecule has 3 aromatic carbocycles. The molecule has 0 aliphatic rings. The van der Waals surface area contributed by atoms with Crippen LogP contribution in [0, 0.1) is 6.92 Å². The van der Waals surface area contributed by atoms with Crippen molar-refractivity contribution in [3.63, 3.8) is 0 Å². The van der Waals surface area contributed by atoms with Gasteiger partial charge in [-0.25, -0.2) is 4.57 Å². The largest absolute Gasteiger partial charge is 0.296 e. The summed E-state index contributed by atoms with van der Waals surface area (Å²) in [4.78, 5) is 5.21. The minimum Gasteiger partial charge on any atom is -0.255 e. The van der Waals surface area contributed by atoms with Gasteiger partial charge in [0.1, 0.15) is 5.69 Å². The van der Waals surface area contributed by atoms with Crippen molar-refractivity contribution >= 4 is 11.0 Å². The lowest BCUT2D eigenvalue weighted by Gasteiger charge is -2.20. The third kappa shape index (κ3) is 5.01.